The molecule has 0 aliphatic carbocycles. The van der Waals surface area contributed by atoms with E-state index in [-0.39, 0.29) is 24.3 Å². The molecule has 0 N–H and O–H groups in total. The minimum Gasteiger partial charge on any atom is -0.471 e. The number of likely N-dealkylation sites (tertiary alicyclic amines) is 1. The van der Waals surface area contributed by atoms with Crippen molar-refractivity contribution in [1.29, 1.82) is 0 Å². The molecule has 146 valence electrons. The fourth-order valence-corrected chi connectivity index (χ4v) is 3.37. The van der Waals surface area contributed by atoms with E-state index in [4.69, 9.17) is 4.74 Å². The summed E-state index contributed by atoms with van der Waals surface area (Å²) in [5.41, 5.74) is 1.02. The summed E-state index contributed by atoms with van der Waals surface area (Å²) in [6, 6.07) is 11.4. The first kappa shape index (κ1) is 18.3. The predicted molar refractivity (Wildman–Crippen MR) is 96.9 cm³/mol. The van der Waals surface area contributed by atoms with Gasteiger partial charge < -0.3 is 14.2 Å². The maximum absolute atomic E-state index is 12.7. The third kappa shape index (κ3) is 3.54. The van der Waals surface area contributed by atoms with E-state index >= 15 is 0 Å². The molecule has 28 heavy (non-hydrogen) atoms. The topological polar surface area (TPSA) is 47.4 Å². The lowest BCUT2D eigenvalue weighted by atomic mass is 10.1. The van der Waals surface area contributed by atoms with Crippen LogP contribution in [0.25, 0.3) is 10.9 Å². The Morgan fingerprint density at radius 2 is 1.93 bits per heavy atom. The van der Waals surface area contributed by atoms with E-state index in [9.17, 15) is 18.0 Å². The van der Waals surface area contributed by atoms with Crippen LogP contribution in [-0.4, -0.2) is 39.6 Å². The summed E-state index contributed by atoms with van der Waals surface area (Å²) >= 11 is 0. The number of carbonyl (C=O) groups is 1. The van der Waals surface area contributed by atoms with Crippen LogP contribution in [0.15, 0.2) is 48.7 Å². The van der Waals surface area contributed by atoms with E-state index in [0.29, 0.717) is 13.1 Å². The van der Waals surface area contributed by atoms with Crippen LogP contribution in [0.2, 0.25) is 0 Å². The van der Waals surface area contributed by atoms with Gasteiger partial charge in [0.15, 0.2) is 0 Å². The van der Waals surface area contributed by atoms with Crippen molar-refractivity contribution >= 4 is 16.8 Å². The Kier molecular flexibility index (Phi) is 4.49. The number of benzene rings is 1. The number of fused-ring (bicyclic) bond motifs is 1. The molecule has 5 nitrogen and oxygen atoms in total. The van der Waals surface area contributed by atoms with Crippen molar-refractivity contribution < 1.29 is 22.7 Å². The summed E-state index contributed by atoms with van der Waals surface area (Å²) in [4.78, 5) is 17.7. The molecular formula is C20H18F3N3O2. The van der Waals surface area contributed by atoms with E-state index in [1.165, 1.54) is 12.1 Å². The lowest BCUT2D eigenvalue weighted by molar-refractivity contribution is -0.141. The number of pyridine rings is 1. The van der Waals surface area contributed by atoms with E-state index in [2.05, 4.69) is 4.98 Å². The molecule has 0 bridgehead atoms. The van der Waals surface area contributed by atoms with Crippen LogP contribution < -0.4 is 4.74 Å². The first-order valence-corrected chi connectivity index (χ1v) is 8.83. The van der Waals surface area contributed by atoms with Crippen LogP contribution in [0.1, 0.15) is 11.3 Å². The number of aromatic nitrogens is 2. The van der Waals surface area contributed by atoms with E-state index in [1.807, 2.05) is 42.1 Å². The SMILES string of the molecule is Cn1cc(CC(=O)N2CC(Oc3cccc(C(F)(F)F)n3)C2)c2ccccc21. The maximum atomic E-state index is 12.7. The van der Waals surface area contributed by atoms with E-state index < -0.39 is 11.9 Å². The fourth-order valence-electron chi connectivity index (χ4n) is 3.37. The molecule has 1 aliphatic heterocycles. The zero-order chi connectivity index (χ0) is 19.9. The highest BCUT2D eigenvalue weighted by Crippen LogP contribution is 2.29. The second-order valence-electron chi connectivity index (χ2n) is 6.86. The molecule has 3 aromatic rings. The monoisotopic (exact) mass is 389 g/mol. The molecule has 0 radical (unpaired) electrons. The van der Waals surface area contributed by atoms with Crippen molar-refractivity contribution in [2.45, 2.75) is 18.7 Å². The Morgan fingerprint density at radius 3 is 2.68 bits per heavy atom. The van der Waals surface area contributed by atoms with Gasteiger partial charge in [-0.2, -0.15) is 13.2 Å². The maximum Gasteiger partial charge on any atom is 0.433 e. The number of alkyl halides is 3. The zero-order valence-corrected chi connectivity index (χ0v) is 15.1. The molecule has 1 fully saturated rings. The van der Waals surface area contributed by atoms with Gasteiger partial charge in [0.1, 0.15) is 11.8 Å². The Bertz CT molecular complexity index is 1020. The highest BCUT2D eigenvalue weighted by Gasteiger charge is 2.35. The largest absolute Gasteiger partial charge is 0.471 e. The number of hydrogen-bond donors (Lipinski definition) is 0. The minimum atomic E-state index is -4.51. The van der Waals surface area contributed by atoms with Crippen LogP contribution in [0, 0.1) is 0 Å². The van der Waals surface area contributed by atoms with Gasteiger partial charge in [0.2, 0.25) is 11.8 Å². The first-order valence-electron chi connectivity index (χ1n) is 8.83. The summed E-state index contributed by atoms with van der Waals surface area (Å²) in [6.07, 6.45) is -2.65. The number of amides is 1. The number of para-hydroxylation sites is 1. The van der Waals surface area contributed by atoms with Crippen LogP contribution in [0.3, 0.4) is 0 Å². The average Bonchev–Trinajstić information content (AvgIpc) is 2.93. The van der Waals surface area contributed by atoms with Crippen LogP contribution in [0.5, 0.6) is 5.88 Å². The van der Waals surface area contributed by atoms with Gasteiger partial charge in [0.25, 0.3) is 0 Å². The smallest absolute Gasteiger partial charge is 0.433 e. The number of rotatable bonds is 4. The molecule has 0 atom stereocenters. The molecule has 0 spiro atoms. The number of carbonyl (C=O) groups excluding carboxylic acids is 1. The van der Waals surface area contributed by atoms with Gasteiger partial charge in [-0.05, 0) is 17.7 Å². The van der Waals surface area contributed by atoms with Gasteiger partial charge in [0.05, 0.1) is 19.5 Å². The van der Waals surface area contributed by atoms with E-state index in [1.54, 1.807) is 4.90 Å². The molecule has 1 aromatic carbocycles. The Balaban J connectivity index is 1.36. The molecule has 1 saturated heterocycles. The first-order chi connectivity index (χ1) is 13.3. The van der Waals surface area contributed by atoms with Crippen molar-refractivity contribution in [2.24, 2.45) is 7.05 Å². The number of nitrogens with zero attached hydrogens (tertiary/aromatic N) is 3. The molecule has 1 amide bonds. The Morgan fingerprint density at radius 1 is 1.18 bits per heavy atom. The third-order valence-corrected chi connectivity index (χ3v) is 4.82. The molecule has 8 heteroatoms. The van der Waals surface area contributed by atoms with Crippen LogP contribution in [0.4, 0.5) is 13.2 Å². The number of ether oxygens (including phenoxy) is 1. The van der Waals surface area contributed by atoms with Gasteiger partial charge in [-0.25, -0.2) is 4.98 Å². The molecule has 2 aromatic heterocycles. The molecule has 0 saturated carbocycles. The lowest BCUT2D eigenvalue weighted by Gasteiger charge is -2.38. The normalized spacial score (nSPS) is 14.9. The number of aryl methyl sites for hydroxylation is 1. The summed E-state index contributed by atoms with van der Waals surface area (Å²) < 4.78 is 45.6. The van der Waals surface area contributed by atoms with Gasteiger partial charge in [-0.15, -0.1) is 0 Å². The lowest BCUT2D eigenvalue weighted by Crippen LogP contribution is -2.56. The van der Waals surface area contributed by atoms with Gasteiger partial charge in [-0.1, -0.05) is 24.3 Å². The zero-order valence-electron chi connectivity index (χ0n) is 15.1. The quantitative estimate of drug-likeness (QED) is 0.687. The third-order valence-electron chi connectivity index (χ3n) is 4.82. The van der Waals surface area contributed by atoms with Gasteiger partial charge in [0, 0.05) is 30.2 Å². The van der Waals surface area contributed by atoms with Crippen molar-refractivity contribution in [1.82, 2.24) is 14.5 Å². The Labute approximate surface area is 159 Å². The van der Waals surface area contributed by atoms with Crippen molar-refractivity contribution in [3.05, 3.63) is 59.9 Å². The molecule has 4 rings (SSSR count). The number of halogens is 3. The summed E-state index contributed by atoms with van der Waals surface area (Å²) in [5, 5.41) is 1.04. The highest BCUT2D eigenvalue weighted by molar-refractivity contribution is 5.89. The summed E-state index contributed by atoms with van der Waals surface area (Å²) in [6.45, 7) is 0.670. The second kappa shape index (κ2) is 6.85. The number of hydrogen-bond acceptors (Lipinski definition) is 3. The second-order valence-corrected chi connectivity index (χ2v) is 6.86. The predicted octanol–water partition coefficient (Wildman–Crippen LogP) is 3.42. The standard InChI is InChI=1S/C20H18F3N3O2/c1-25-10-13(15-5-2-3-6-16(15)25)9-19(27)26-11-14(12-26)28-18-8-4-7-17(24-18)20(21,22)23/h2-8,10,14H,9,11-12H2,1H3. The van der Waals surface area contributed by atoms with Crippen molar-refractivity contribution in [2.75, 3.05) is 13.1 Å². The Hall–Kier alpha value is -3.03. The molecule has 1 aliphatic rings. The van der Waals surface area contributed by atoms with E-state index in [0.717, 1.165) is 22.5 Å². The van der Waals surface area contributed by atoms with Crippen molar-refractivity contribution in [3.8, 4) is 5.88 Å². The summed E-state index contributed by atoms with van der Waals surface area (Å²) in [7, 11) is 1.94. The molecular weight excluding hydrogens is 371 g/mol. The van der Waals surface area contributed by atoms with Crippen LogP contribution >= 0.6 is 0 Å². The fraction of sp³-hybridized carbons (Fsp3) is 0.300. The highest BCUT2D eigenvalue weighted by atomic mass is 19.4. The summed E-state index contributed by atoms with van der Waals surface area (Å²) in [5.74, 6) is -0.116. The van der Waals surface area contributed by atoms with Gasteiger partial charge in [-0.3, -0.25) is 4.79 Å². The van der Waals surface area contributed by atoms with Crippen LogP contribution in [-0.2, 0) is 24.4 Å². The average molecular weight is 389 g/mol. The molecule has 3 heterocycles. The minimum absolute atomic E-state index is 0.0341. The van der Waals surface area contributed by atoms with Crippen molar-refractivity contribution in [3.63, 3.8) is 0 Å². The van der Waals surface area contributed by atoms with Gasteiger partial charge >= 0.3 is 6.18 Å². The molecule has 0 unspecified atom stereocenters.